The van der Waals surface area contributed by atoms with Crippen molar-refractivity contribution in [3.05, 3.63) is 64.7 Å². The van der Waals surface area contributed by atoms with Crippen LogP contribution < -0.4 is 5.32 Å². The van der Waals surface area contributed by atoms with Crippen molar-refractivity contribution in [3.63, 3.8) is 0 Å². The van der Waals surface area contributed by atoms with Crippen LogP contribution >= 0.6 is 11.8 Å². The molecule has 9 heteroatoms. The molecule has 1 N–H and O–H groups in total. The summed E-state index contributed by atoms with van der Waals surface area (Å²) in [5.74, 6) is -0.683. The molecule has 1 aliphatic carbocycles. The van der Waals surface area contributed by atoms with Gasteiger partial charge < -0.3 is 5.32 Å². The van der Waals surface area contributed by atoms with Crippen LogP contribution in [0.25, 0.3) is 0 Å². The predicted molar refractivity (Wildman–Crippen MR) is 117 cm³/mol. The van der Waals surface area contributed by atoms with Crippen LogP contribution in [0.3, 0.4) is 0 Å². The molecule has 158 valence electrons. The van der Waals surface area contributed by atoms with Gasteiger partial charge in [-0.3, -0.25) is 14.4 Å². The first kappa shape index (κ1) is 20.9. The number of ketones is 2. The van der Waals surface area contributed by atoms with Crippen molar-refractivity contribution >= 4 is 34.9 Å². The van der Waals surface area contributed by atoms with Crippen LogP contribution in [0.5, 0.6) is 0 Å². The van der Waals surface area contributed by atoms with Crippen LogP contribution in [0.1, 0.15) is 59.5 Å². The highest BCUT2D eigenvalue weighted by Gasteiger charge is 2.30. The fourth-order valence-electron chi connectivity index (χ4n) is 3.31. The molecule has 1 aliphatic rings. The van der Waals surface area contributed by atoms with Crippen LogP contribution in [-0.4, -0.2) is 42.9 Å². The first-order chi connectivity index (χ1) is 14.7. The van der Waals surface area contributed by atoms with Crippen LogP contribution in [0.2, 0.25) is 0 Å². The highest BCUT2D eigenvalue weighted by molar-refractivity contribution is 8.00. The van der Waals surface area contributed by atoms with Crippen molar-refractivity contribution in [1.82, 2.24) is 20.2 Å². The largest absolute Gasteiger partial charge is 0.325 e. The molecule has 0 radical (unpaired) electrons. The SMILES string of the molecule is C[C@H](Sc1nnnn1C(C)(C)C)C(=O)Nc1ccc2c(c1)C(=O)c1ccccc1C2=O. The standard InChI is InChI=1S/C22H21N5O3S/c1-12(31-21-24-25-26-27(21)22(2,3)4)20(30)23-13-9-10-16-17(11-13)19(29)15-8-6-5-7-14(15)18(16)28/h5-12H,1-4H3,(H,23,30)/t12-/m0/s1. The predicted octanol–water partition coefficient (Wildman–Crippen LogP) is 3.32. The topological polar surface area (TPSA) is 107 Å². The molecule has 1 amide bonds. The van der Waals surface area contributed by atoms with Crippen LogP contribution in [-0.2, 0) is 10.3 Å². The second-order valence-corrected chi connectivity index (χ2v) is 9.57. The summed E-state index contributed by atoms with van der Waals surface area (Å²) in [6, 6.07) is 11.5. The number of hydrogen-bond acceptors (Lipinski definition) is 7. The van der Waals surface area contributed by atoms with Gasteiger partial charge in [0.25, 0.3) is 0 Å². The number of carbonyl (C=O) groups is 3. The summed E-state index contributed by atoms with van der Waals surface area (Å²) >= 11 is 1.25. The Morgan fingerprint density at radius 1 is 1.00 bits per heavy atom. The van der Waals surface area contributed by atoms with E-state index in [0.717, 1.165) is 0 Å². The number of carbonyl (C=O) groups excluding carboxylic acids is 3. The van der Waals surface area contributed by atoms with Gasteiger partial charge in [0.2, 0.25) is 11.1 Å². The summed E-state index contributed by atoms with van der Waals surface area (Å²) in [5.41, 5.74) is 1.54. The number of nitrogens with zero attached hydrogens (tertiary/aromatic N) is 4. The van der Waals surface area contributed by atoms with E-state index in [1.54, 1.807) is 54.1 Å². The van der Waals surface area contributed by atoms with Crippen molar-refractivity contribution in [2.75, 3.05) is 5.32 Å². The molecule has 1 atom stereocenters. The molecule has 0 saturated heterocycles. The highest BCUT2D eigenvalue weighted by Crippen LogP contribution is 2.30. The number of anilines is 1. The maximum atomic E-state index is 12.9. The van der Waals surface area contributed by atoms with E-state index in [1.165, 1.54) is 11.8 Å². The molecule has 1 aromatic heterocycles. The fourth-order valence-corrected chi connectivity index (χ4v) is 4.28. The number of benzene rings is 2. The lowest BCUT2D eigenvalue weighted by molar-refractivity contribution is -0.115. The minimum absolute atomic E-state index is 0.194. The molecule has 0 bridgehead atoms. The quantitative estimate of drug-likeness (QED) is 0.490. The molecule has 0 unspecified atom stereocenters. The number of fused-ring (bicyclic) bond motifs is 2. The first-order valence-corrected chi connectivity index (χ1v) is 10.6. The van der Waals surface area contributed by atoms with Gasteiger partial charge in [0.1, 0.15) is 0 Å². The molecule has 0 fully saturated rings. The van der Waals surface area contributed by atoms with Gasteiger partial charge in [0.15, 0.2) is 11.6 Å². The Hall–Kier alpha value is -3.33. The van der Waals surface area contributed by atoms with Gasteiger partial charge in [-0.2, -0.15) is 0 Å². The van der Waals surface area contributed by atoms with Crippen LogP contribution in [0.4, 0.5) is 5.69 Å². The lowest BCUT2D eigenvalue weighted by atomic mass is 9.84. The minimum atomic E-state index is -0.485. The third-order valence-electron chi connectivity index (χ3n) is 4.92. The summed E-state index contributed by atoms with van der Waals surface area (Å²) in [5, 5.41) is 14.6. The van der Waals surface area contributed by atoms with E-state index in [4.69, 9.17) is 0 Å². The molecular formula is C22H21N5O3S. The summed E-state index contributed by atoms with van der Waals surface area (Å²) in [7, 11) is 0. The number of nitrogens with one attached hydrogen (secondary N) is 1. The molecule has 3 aromatic rings. The molecule has 1 heterocycles. The second-order valence-electron chi connectivity index (χ2n) is 8.26. The van der Waals surface area contributed by atoms with Crippen LogP contribution in [0, 0.1) is 0 Å². The first-order valence-electron chi connectivity index (χ1n) is 9.75. The fraction of sp³-hybridized carbons (Fsp3) is 0.273. The smallest absolute Gasteiger partial charge is 0.237 e. The Bertz CT molecular complexity index is 1210. The lowest BCUT2D eigenvalue weighted by Gasteiger charge is -2.21. The maximum Gasteiger partial charge on any atom is 0.237 e. The molecule has 0 saturated carbocycles. The van der Waals surface area contributed by atoms with Gasteiger partial charge in [-0.25, -0.2) is 4.68 Å². The summed E-state index contributed by atoms with van der Waals surface area (Å²) in [6.07, 6.45) is 0. The van der Waals surface area contributed by atoms with E-state index in [2.05, 4.69) is 20.8 Å². The van der Waals surface area contributed by atoms with Gasteiger partial charge in [-0.05, 0) is 56.3 Å². The normalized spacial score (nSPS) is 14.1. The number of hydrogen-bond donors (Lipinski definition) is 1. The molecule has 8 nitrogen and oxygen atoms in total. The zero-order chi connectivity index (χ0) is 22.3. The molecule has 4 rings (SSSR count). The zero-order valence-corrected chi connectivity index (χ0v) is 18.4. The molecule has 0 aliphatic heterocycles. The van der Waals surface area contributed by atoms with E-state index in [-0.39, 0.29) is 23.0 Å². The van der Waals surface area contributed by atoms with Gasteiger partial charge in [0.05, 0.1) is 10.8 Å². The highest BCUT2D eigenvalue weighted by atomic mass is 32.2. The average Bonchev–Trinajstić information content (AvgIpc) is 3.20. The van der Waals surface area contributed by atoms with Gasteiger partial charge in [-0.1, -0.05) is 36.0 Å². The maximum absolute atomic E-state index is 12.9. The molecular weight excluding hydrogens is 414 g/mol. The number of amides is 1. The van der Waals surface area contributed by atoms with Gasteiger partial charge in [0, 0.05) is 27.9 Å². The molecule has 0 spiro atoms. The van der Waals surface area contributed by atoms with Gasteiger partial charge in [-0.15, -0.1) is 5.10 Å². The molecule has 31 heavy (non-hydrogen) atoms. The number of aromatic nitrogens is 4. The van der Waals surface area contributed by atoms with Gasteiger partial charge >= 0.3 is 0 Å². The van der Waals surface area contributed by atoms with Crippen molar-refractivity contribution in [2.45, 2.75) is 43.6 Å². The van der Waals surface area contributed by atoms with Crippen LogP contribution in [0.15, 0.2) is 47.6 Å². The monoisotopic (exact) mass is 435 g/mol. The van der Waals surface area contributed by atoms with Crippen molar-refractivity contribution in [2.24, 2.45) is 0 Å². The Morgan fingerprint density at radius 2 is 1.61 bits per heavy atom. The second kappa shape index (κ2) is 7.73. The third kappa shape index (κ3) is 3.88. The van der Waals surface area contributed by atoms with Crippen molar-refractivity contribution < 1.29 is 14.4 Å². The Balaban J connectivity index is 1.53. The summed E-state index contributed by atoms with van der Waals surface area (Å²) < 4.78 is 1.67. The summed E-state index contributed by atoms with van der Waals surface area (Å²) in [6.45, 7) is 7.68. The minimum Gasteiger partial charge on any atom is -0.325 e. The average molecular weight is 436 g/mol. The Morgan fingerprint density at radius 3 is 2.26 bits per heavy atom. The lowest BCUT2D eigenvalue weighted by Crippen LogP contribution is -2.27. The Kier molecular flexibility index (Phi) is 5.22. The van der Waals surface area contributed by atoms with E-state index < -0.39 is 5.25 Å². The van der Waals surface area contributed by atoms with E-state index in [9.17, 15) is 14.4 Å². The summed E-state index contributed by atoms with van der Waals surface area (Å²) in [4.78, 5) is 38.3. The van der Waals surface area contributed by atoms with E-state index in [1.807, 2.05) is 20.8 Å². The van der Waals surface area contributed by atoms with Crippen molar-refractivity contribution in [3.8, 4) is 0 Å². The van der Waals surface area contributed by atoms with E-state index >= 15 is 0 Å². The Labute approximate surface area is 183 Å². The van der Waals surface area contributed by atoms with E-state index in [0.29, 0.717) is 33.1 Å². The zero-order valence-electron chi connectivity index (χ0n) is 17.5. The number of thioether (sulfide) groups is 1. The number of rotatable bonds is 4. The number of tetrazole rings is 1. The van der Waals surface area contributed by atoms with Crippen molar-refractivity contribution in [1.29, 1.82) is 0 Å². The molecule has 2 aromatic carbocycles. The third-order valence-corrected chi connectivity index (χ3v) is 5.95.